The highest BCUT2D eigenvalue weighted by Gasteiger charge is 2.41. The van der Waals surface area contributed by atoms with Crippen LogP contribution in [0.3, 0.4) is 0 Å². The second kappa shape index (κ2) is 5.14. The fraction of sp³-hybridized carbons (Fsp3) is 0.833. The van der Waals surface area contributed by atoms with Crippen molar-refractivity contribution in [3.8, 4) is 0 Å². The Morgan fingerprint density at radius 3 is 2.50 bits per heavy atom. The van der Waals surface area contributed by atoms with Crippen LogP contribution in [0.1, 0.15) is 26.2 Å². The number of hydrogen-bond donors (Lipinski definition) is 2. The van der Waals surface area contributed by atoms with E-state index >= 15 is 0 Å². The van der Waals surface area contributed by atoms with Crippen LogP contribution in [0.4, 0.5) is 4.79 Å². The van der Waals surface area contributed by atoms with E-state index in [1.54, 1.807) is 16.7 Å². The maximum atomic E-state index is 12.3. The van der Waals surface area contributed by atoms with Crippen LogP contribution >= 0.6 is 0 Å². The van der Waals surface area contributed by atoms with E-state index in [4.69, 9.17) is 5.11 Å². The molecule has 0 aromatic carbocycles. The lowest BCUT2D eigenvalue weighted by atomic mass is 10.0. The standard InChI is InChI=1S/C12H20N2O4/c1-8-10(11(16)17)4-6-13(8)12(18)14-5-2-3-9(14)7-15/h8-10,15H,2-7H2,1H3,(H,16,17). The van der Waals surface area contributed by atoms with E-state index in [1.807, 2.05) is 0 Å². The molecule has 18 heavy (non-hydrogen) atoms. The van der Waals surface area contributed by atoms with Gasteiger partial charge in [0.25, 0.3) is 0 Å². The number of carbonyl (C=O) groups is 2. The smallest absolute Gasteiger partial charge is 0.320 e. The molecule has 2 fully saturated rings. The topological polar surface area (TPSA) is 81.1 Å². The lowest BCUT2D eigenvalue weighted by Crippen LogP contribution is -2.48. The Morgan fingerprint density at radius 1 is 1.22 bits per heavy atom. The molecule has 6 heteroatoms. The van der Waals surface area contributed by atoms with Gasteiger partial charge in [0, 0.05) is 19.1 Å². The van der Waals surface area contributed by atoms with Crippen LogP contribution < -0.4 is 0 Å². The summed E-state index contributed by atoms with van der Waals surface area (Å²) in [7, 11) is 0. The van der Waals surface area contributed by atoms with E-state index in [0.717, 1.165) is 12.8 Å². The second-order valence-electron chi connectivity index (χ2n) is 5.12. The fourth-order valence-electron chi connectivity index (χ4n) is 2.98. The fourth-order valence-corrected chi connectivity index (χ4v) is 2.98. The zero-order chi connectivity index (χ0) is 13.3. The summed E-state index contributed by atoms with van der Waals surface area (Å²) in [5.74, 6) is -1.30. The summed E-state index contributed by atoms with van der Waals surface area (Å²) in [5.41, 5.74) is 0. The van der Waals surface area contributed by atoms with Crippen LogP contribution in [0.5, 0.6) is 0 Å². The van der Waals surface area contributed by atoms with Gasteiger partial charge < -0.3 is 20.0 Å². The Morgan fingerprint density at radius 2 is 1.94 bits per heavy atom. The molecular weight excluding hydrogens is 236 g/mol. The molecule has 102 valence electrons. The van der Waals surface area contributed by atoms with Crippen molar-refractivity contribution >= 4 is 12.0 Å². The number of amides is 2. The molecule has 2 N–H and O–H groups in total. The van der Waals surface area contributed by atoms with Gasteiger partial charge in [-0.05, 0) is 26.2 Å². The number of likely N-dealkylation sites (tertiary alicyclic amines) is 2. The molecule has 0 saturated carbocycles. The number of carboxylic acid groups (broad SMARTS) is 1. The van der Waals surface area contributed by atoms with Crippen molar-refractivity contribution in [3.05, 3.63) is 0 Å². The number of nitrogens with zero attached hydrogens (tertiary/aromatic N) is 2. The molecule has 6 nitrogen and oxygen atoms in total. The molecule has 0 spiro atoms. The van der Waals surface area contributed by atoms with Crippen LogP contribution in [0.25, 0.3) is 0 Å². The summed E-state index contributed by atoms with van der Waals surface area (Å²) >= 11 is 0. The lowest BCUT2D eigenvalue weighted by molar-refractivity contribution is -0.142. The SMILES string of the molecule is CC1C(C(=O)O)CCN1C(=O)N1CCCC1CO. The molecule has 2 amide bonds. The number of carboxylic acids is 1. The van der Waals surface area contributed by atoms with Gasteiger partial charge in [-0.15, -0.1) is 0 Å². The third-order valence-corrected chi connectivity index (χ3v) is 4.15. The van der Waals surface area contributed by atoms with Crippen LogP contribution in [0.2, 0.25) is 0 Å². The summed E-state index contributed by atoms with van der Waals surface area (Å²) in [6, 6.07) is -0.494. The Hall–Kier alpha value is -1.30. The van der Waals surface area contributed by atoms with Crippen molar-refractivity contribution in [3.63, 3.8) is 0 Å². The van der Waals surface area contributed by atoms with Crippen molar-refractivity contribution < 1.29 is 19.8 Å². The second-order valence-corrected chi connectivity index (χ2v) is 5.12. The van der Waals surface area contributed by atoms with Crippen molar-refractivity contribution in [1.82, 2.24) is 9.80 Å². The first-order chi connectivity index (χ1) is 8.56. The normalized spacial score (nSPS) is 32.0. The van der Waals surface area contributed by atoms with E-state index in [9.17, 15) is 14.7 Å². The summed E-state index contributed by atoms with van der Waals surface area (Å²) in [4.78, 5) is 26.7. The number of urea groups is 1. The van der Waals surface area contributed by atoms with Gasteiger partial charge >= 0.3 is 12.0 Å². The van der Waals surface area contributed by atoms with Gasteiger partial charge in [0.05, 0.1) is 18.6 Å². The molecule has 0 aromatic heterocycles. The Kier molecular flexibility index (Phi) is 3.75. The minimum Gasteiger partial charge on any atom is -0.481 e. The number of aliphatic carboxylic acids is 1. The summed E-state index contributed by atoms with van der Waals surface area (Å²) in [6.45, 7) is 2.92. The van der Waals surface area contributed by atoms with E-state index in [-0.39, 0.29) is 24.7 Å². The molecule has 2 rings (SSSR count). The van der Waals surface area contributed by atoms with Gasteiger partial charge in [-0.1, -0.05) is 0 Å². The summed E-state index contributed by atoms with van der Waals surface area (Å²) in [6.07, 6.45) is 2.24. The molecule has 2 aliphatic heterocycles. The number of hydrogen-bond acceptors (Lipinski definition) is 3. The minimum absolute atomic E-state index is 0.0175. The predicted octanol–water partition coefficient (Wildman–Crippen LogP) is 0.358. The van der Waals surface area contributed by atoms with Crippen LogP contribution in [-0.4, -0.2) is 63.8 Å². The first-order valence-corrected chi connectivity index (χ1v) is 6.47. The third kappa shape index (κ3) is 2.16. The molecule has 0 aromatic rings. The van der Waals surface area contributed by atoms with Crippen molar-refractivity contribution in [2.45, 2.75) is 38.3 Å². The Bertz CT molecular complexity index is 347. The van der Waals surface area contributed by atoms with Gasteiger partial charge in [0.1, 0.15) is 0 Å². The van der Waals surface area contributed by atoms with Crippen LogP contribution in [0, 0.1) is 5.92 Å². The van der Waals surface area contributed by atoms with E-state index in [0.29, 0.717) is 19.5 Å². The molecule has 0 aliphatic carbocycles. The number of rotatable bonds is 2. The molecule has 2 aliphatic rings. The molecule has 2 heterocycles. The zero-order valence-corrected chi connectivity index (χ0v) is 10.6. The molecular formula is C12H20N2O4. The molecule has 2 saturated heterocycles. The minimum atomic E-state index is -0.835. The number of carbonyl (C=O) groups excluding carboxylic acids is 1. The first kappa shape index (κ1) is 13.1. The highest BCUT2D eigenvalue weighted by molar-refractivity contribution is 5.78. The largest absolute Gasteiger partial charge is 0.481 e. The van der Waals surface area contributed by atoms with E-state index < -0.39 is 11.9 Å². The maximum Gasteiger partial charge on any atom is 0.320 e. The van der Waals surface area contributed by atoms with Gasteiger partial charge in [-0.3, -0.25) is 4.79 Å². The first-order valence-electron chi connectivity index (χ1n) is 6.47. The number of aliphatic hydroxyl groups is 1. The average Bonchev–Trinajstić information content (AvgIpc) is 2.93. The van der Waals surface area contributed by atoms with Crippen molar-refractivity contribution in [2.75, 3.05) is 19.7 Å². The monoisotopic (exact) mass is 256 g/mol. The van der Waals surface area contributed by atoms with Gasteiger partial charge in [-0.25, -0.2) is 4.79 Å². The molecule has 0 radical (unpaired) electrons. The molecule has 0 bridgehead atoms. The highest BCUT2D eigenvalue weighted by atomic mass is 16.4. The third-order valence-electron chi connectivity index (χ3n) is 4.15. The van der Waals surface area contributed by atoms with E-state index in [2.05, 4.69) is 0 Å². The Balaban J connectivity index is 2.04. The van der Waals surface area contributed by atoms with Crippen molar-refractivity contribution in [1.29, 1.82) is 0 Å². The average molecular weight is 256 g/mol. The number of aliphatic hydroxyl groups excluding tert-OH is 1. The molecule has 3 unspecified atom stereocenters. The zero-order valence-electron chi connectivity index (χ0n) is 10.6. The van der Waals surface area contributed by atoms with Crippen LogP contribution in [0.15, 0.2) is 0 Å². The highest BCUT2D eigenvalue weighted by Crippen LogP contribution is 2.27. The lowest BCUT2D eigenvalue weighted by Gasteiger charge is -2.31. The van der Waals surface area contributed by atoms with Gasteiger partial charge in [0.2, 0.25) is 0 Å². The van der Waals surface area contributed by atoms with Gasteiger partial charge in [0.15, 0.2) is 0 Å². The maximum absolute atomic E-state index is 12.3. The summed E-state index contributed by atoms with van der Waals surface area (Å²) in [5, 5.41) is 18.3. The molecule has 3 atom stereocenters. The van der Waals surface area contributed by atoms with Gasteiger partial charge in [-0.2, -0.15) is 0 Å². The summed E-state index contributed by atoms with van der Waals surface area (Å²) < 4.78 is 0. The van der Waals surface area contributed by atoms with Crippen molar-refractivity contribution in [2.24, 2.45) is 5.92 Å². The Labute approximate surface area is 106 Å². The van der Waals surface area contributed by atoms with Crippen LogP contribution in [-0.2, 0) is 4.79 Å². The predicted molar refractivity (Wildman–Crippen MR) is 64.1 cm³/mol. The quantitative estimate of drug-likeness (QED) is 0.747. The van der Waals surface area contributed by atoms with E-state index in [1.165, 1.54) is 0 Å².